The number of carbonyl (C=O) groups is 1. The van der Waals surface area contributed by atoms with Crippen molar-refractivity contribution in [2.24, 2.45) is 4.99 Å². The van der Waals surface area contributed by atoms with Crippen molar-refractivity contribution in [3.63, 3.8) is 0 Å². The fourth-order valence-corrected chi connectivity index (χ4v) is 2.46. The quantitative estimate of drug-likeness (QED) is 0.274. The van der Waals surface area contributed by atoms with Gasteiger partial charge >= 0.3 is 5.97 Å². The van der Waals surface area contributed by atoms with Gasteiger partial charge in [0.2, 0.25) is 0 Å². The van der Waals surface area contributed by atoms with Crippen molar-refractivity contribution in [2.75, 3.05) is 27.2 Å². The Morgan fingerprint density at radius 3 is 2.58 bits per heavy atom. The fourth-order valence-electron chi connectivity index (χ4n) is 2.46. The summed E-state index contributed by atoms with van der Waals surface area (Å²) in [7, 11) is 3.19. The van der Waals surface area contributed by atoms with Crippen LogP contribution in [0.5, 0.6) is 5.75 Å². The highest BCUT2D eigenvalue weighted by Crippen LogP contribution is 2.17. The molecule has 0 aliphatic heterocycles. The van der Waals surface area contributed by atoms with E-state index in [4.69, 9.17) is 4.74 Å². The predicted molar refractivity (Wildman–Crippen MR) is 106 cm³/mol. The van der Waals surface area contributed by atoms with Crippen molar-refractivity contribution in [3.8, 4) is 5.75 Å². The van der Waals surface area contributed by atoms with Gasteiger partial charge in [0.15, 0.2) is 5.96 Å². The number of aryl methyl sites for hydroxylation is 1. The lowest BCUT2D eigenvalue weighted by molar-refractivity contribution is -0.140. The number of para-hydroxylation sites is 1. The highest BCUT2D eigenvalue weighted by atomic mass is 16.5. The van der Waals surface area contributed by atoms with E-state index in [0.29, 0.717) is 13.0 Å². The number of guanidine groups is 1. The summed E-state index contributed by atoms with van der Waals surface area (Å²) in [5.74, 6) is 1.56. The zero-order valence-corrected chi connectivity index (χ0v) is 16.5. The average molecular weight is 364 g/mol. The normalized spacial score (nSPS) is 12.4. The third-order valence-corrected chi connectivity index (χ3v) is 4.03. The Kier molecular flexibility index (Phi) is 10.9. The first-order chi connectivity index (χ1) is 12.6. The summed E-state index contributed by atoms with van der Waals surface area (Å²) >= 11 is 0. The number of benzene rings is 1. The van der Waals surface area contributed by atoms with Crippen molar-refractivity contribution < 1.29 is 14.3 Å². The SMILES string of the molecule is CN=C(NCCCCCCC(=O)OC)NCC(C)Oc1ccccc1C. The third kappa shape index (κ3) is 9.30. The number of methoxy groups -OCH3 is 1. The molecule has 0 spiro atoms. The molecule has 1 aromatic rings. The summed E-state index contributed by atoms with van der Waals surface area (Å²) in [6.07, 6.45) is 4.57. The van der Waals surface area contributed by atoms with E-state index in [0.717, 1.165) is 49.5 Å². The van der Waals surface area contributed by atoms with Crippen LogP contribution >= 0.6 is 0 Å². The van der Waals surface area contributed by atoms with Gasteiger partial charge in [0.1, 0.15) is 11.9 Å². The van der Waals surface area contributed by atoms with Crippen LogP contribution in [0.15, 0.2) is 29.3 Å². The first-order valence-corrected chi connectivity index (χ1v) is 9.30. The molecule has 1 atom stereocenters. The van der Waals surface area contributed by atoms with Crippen LogP contribution < -0.4 is 15.4 Å². The van der Waals surface area contributed by atoms with Gasteiger partial charge in [0.25, 0.3) is 0 Å². The van der Waals surface area contributed by atoms with Crippen molar-refractivity contribution in [1.82, 2.24) is 10.6 Å². The molecule has 2 N–H and O–H groups in total. The van der Waals surface area contributed by atoms with E-state index >= 15 is 0 Å². The second-order valence-electron chi connectivity index (χ2n) is 6.31. The summed E-state index contributed by atoms with van der Waals surface area (Å²) < 4.78 is 10.6. The Balaban J connectivity index is 2.15. The van der Waals surface area contributed by atoms with Crippen LogP contribution in [0.25, 0.3) is 0 Å². The van der Waals surface area contributed by atoms with E-state index in [2.05, 4.69) is 20.4 Å². The molecule has 1 rings (SSSR count). The monoisotopic (exact) mass is 363 g/mol. The molecule has 0 aliphatic rings. The molecule has 0 aromatic heterocycles. The molecule has 0 heterocycles. The minimum atomic E-state index is -0.130. The van der Waals surface area contributed by atoms with Gasteiger partial charge in [-0.3, -0.25) is 9.79 Å². The van der Waals surface area contributed by atoms with E-state index in [-0.39, 0.29) is 12.1 Å². The number of aliphatic imine (C=N–C) groups is 1. The molecule has 0 amide bonds. The Hall–Kier alpha value is -2.24. The largest absolute Gasteiger partial charge is 0.489 e. The van der Waals surface area contributed by atoms with Crippen LogP contribution in [0.4, 0.5) is 0 Å². The first kappa shape index (κ1) is 21.8. The smallest absolute Gasteiger partial charge is 0.305 e. The lowest BCUT2D eigenvalue weighted by atomic mass is 10.1. The fraction of sp³-hybridized carbons (Fsp3) is 0.600. The number of unbranched alkanes of at least 4 members (excludes halogenated alkanes) is 3. The minimum Gasteiger partial charge on any atom is -0.489 e. The number of carbonyl (C=O) groups excluding carboxylic acids is 1. The van der Waals surface area contributed by atoms with Gasteiger partial charge in [-0.05, 0) is 38.3 Å². The summed E-state index contributed by atoms with van der Waals surface area (Å²) in [4.78, 5) is 15.3. The zero-order chi connectivity index (χ0) is 19.2. The Bertz CT molecular complexity index is 561. The van der Waals surface area contributed by atoms with E-state index in [9.17, 15) is 4.79 Å². The number of nitrogens with one attached hydrogen (secondary N) is 2. The molecule has 0 saturated carbocycles. The maximum absolute atomic E-state index is 11.0. The van der Waals surface area contributed by atoms with Crippen molar-refractivity contribution in [3.05, 3.63) is 29.8 Å². The number of nitrogens with zero attached hydrogens (tertiary/aromatic N) is 1. The van der Waals surface area contributed by atoms with Crippen LogP contribution in [-0.4, -0.2) is 45.3 Å². The molecule has 0 saturated heterocycles. The van der Waals surface area contributed by atoms with Gasteiger partial charge in [0, 0.05) is 20.0 Å². The minimum absolute atomic E-state index is 0.0352. The second kappa shape index (κ2) is 13.0. The highest BCUT2D eigenvalue weighted by molar-refractivity contribution is 5.79. The van der Waals surface area contributed by atoms with Gasteiger partial charge in [-0.2, -0.15) is 0 Å². The topological polar surface area (TPSA) is 72.0 Å². The Labute approximate surface area is 157 Å². The third-order valence-electron chi connectivity index (χ3n) is 4.03. The molecular formula is C20H33N3O3. The van der Waals surface area contributed by atoms with Gasteiger partial charge in [0.05, 0.1) is 13.7 Å². The van der Waals surface area contributed by atoms with Crippen molar-refractivity contribution >= 4 is 11.9 Å². The van der Waals surface area contributed by atoms with E-state index in [1.807, 2.05) is 38.1 Å². The summed E-state index contributed by atoms with van der Waals surface area (Å²) in [6, 6.07) is 8.01. The average Bonchev–Trinajstić information content (AvgIpc) is 2.65. The summed E-state index contributed by atoms with van der Waals surface area (Å²) in [6.45, 7) is 5.60. The van der Waals surface area contributed by atoms with Crippen LogP contribution in [-0.2, 0) is 9.53 Å². The highest BCUT2D eigenvalue weighted by Gasteiger charge is 2.07. The number of rotatable bonds is 11. The van der Waals surface area contributed by atoms with E-state index < -0.39 is 0 Å². The molecule has 6 nitrogen and oxygen atoms in total. The number of esters is 1. The molecule has 1 aromatic carbocycles. The molecule has 0 fully saturated rings. The Morgan fingerprint density at radius 2 is 1.88 bits per heavy atom. The van der Waals surface area contributed by atoms with Crippen LogP contribution in [0.3, 0.4) is 0 Å². The number of hydrogen-bond donors (Lipinski definition) is 2. The van der Waals surface area contributed by atoms with Crippen molar-refractivity contribution in [1.29, 1.82) is 0 Å². The van der Waals surface area contributed by atoms with Gasteiger partial charge in [-0.25, -0.2) is 0 Å². The van der Waals surface area contributed by atoms with Gasteiger partial charge in [-0.15, -0.1) is 0 Å². The molecular weight excluding hydrogens is 330 g/mol. The van der Waals surface area contributed by atoms with Crippen LogP contribution in [0, 0.1) is 6.92 Å². The lowest BCUT2D eigenvalue weighted by Crippen LogP contribution is -2.42. The molecule has 146 valence electrons. The van der Waals surface area contributed by atoms with E-state index in [1.165, 1.54) is 7.11 Å². The summed E-state index contributed by atoms with van der Waals surface area (Å²) in [5, 5.41) is 6.59. The molecule has 0 bridgehead atoms. The number of ether oxygens (including phenoxy) is 2. The van der Waals surface area contributed by atoms with Gasteiger partial charge < -0.3 is 20.1 Å². The molecule has 6 heteroatoms. The standard InChI is InChI=1S/C20H33N3O3/c1-16-11-8-9-12-18(16)26-17(2)15-23-20(21-3)22-14-10-6-5-7-13-19(24)25-4/h8-9,11-12,17H,5-7,10,13-15H2,1-4H3,(H2,21,22,23). The van der Waals surface area contributed by atoms with Crippen LogP contribution in [0.2, 0.25) is 0 Å². The zero-order valence-electron chi connectivity index (χ0n) is 16.5. The summed E-state index contributed by atoms with van der Waals surface area (Å²) in [5.41, 5.74) is 1.13. The molecule has 1 unspecified atom stereocenters. The van der Waals surface area contributed by atoms with E-state index in [1.54, 1.807) is 7.05 Å². The van der Waals surface area contributed by atoms with Crippen molar-refractivity contribution in [2.45, 2.75) is 52.1 Å². The maximum Gasteiger partial charge on any atom is 0.305 e. The number of hydrogen-bond acceptors (Lipinski definition) is 4. The lowest BCUT2D eigenvalue weighted by Gasteiger charge is -2.18. The predicted octanol–water partition coefficient (Wildman–Crippen LogP) is 3.05. The molecule has 26 heavy (non-hydrogen) atoms. The second-order valence-corrected chi connectivity index (χ2v) is 6.31. The molecule has 0 aliphatic carbocycles. The first-order valence-electron chi connectivity index (χ1n) is 9.30. The van der Waals surface area contributed by atoms with Gasteiger partial charge in [-0.1, -0.05) is 31.0 Å². The van der Waals surface area contributed by atoms with Crippen LogP contribution in [0.1, 0.15) is 44.6 Å². The molecule has 0 radical (unpaired) electrons. The maximum atomic E-state index is 11.0. The Morgan fingerprint density at radius 1 is 1.15 bits per heavy atom.